The Kier molecular flexibility index (Phi) is 5.27. The molecule has 2 aliphatic heterocycles. The number of amides is 3. The van der Waals surface area contributed by atoms with Crippen molar-refractivity contribution in [1.82, 2.24) is 10.2 Å². The van der Waals surface area contributed by atoms with Crippen molar-refractivity contribution in [3.05, 3.63) is 77.4 Å². The molecule has 1 saturated heterocycles. The molecular weight excluding hydrogens is 408 g/mol. The number of fused-ring (bicyclic) bond motifs is 2. The van der Waals surface area contributed by atoms with Gasteiger partial charge in [-0.05, 0) is 30.7 Å². The molecule has 156 valence electrons. The molecule has 0 saturated carbocycles. The van der Waals surface area contributed by atoms with Crippen LogP contribution in [0.15, 0.2) is 49.1 Å². The summed E-state index contributed by atoms with van der Waals surface area (Å²) in [7, 11) is 0. The van der Waals surface area contributed by atoms with Gasteiger partial charge in [0.15, 0.2) is 16.5 Å². The first-order valence-electron chi connectivity index (χ1n) is 9.56. The zero-order valence-corrected chi connectivity index (χ0v) is 17.3. The van der Waals surface area contributed by atoms with Crippen molar-refractivity contribution in [2.75, 3.05) is 23.7 Å². The van der Waals surface area contributed by atoms with Gasteiger partial charge in [-0.25, -0.2) is 13.6 Å². The van der Waals surface area contributed by atoms with Crippen LogP contribution < -0.4 is 10.2 Å². The number of carbonyl (C=O) groups excluding carboxylic acids is 2. The minimum Gasteiger partial charge on any atom is -0.334 e. The van der Waals surface area contributed by atoms with E-state index in [4.69, 9.17) is 0 Å². The van der Waals surface area contributed by atoms with Crippen molar-refractivity contribution in [1.29, 1.82) is 0 Å². The molecule has 2 heterocycles. The molecule has 2 aliphatic rings. The van der Waals surface area contributed by atoms with Gasteiger partial charge in [0.1, 0.15) is 0 Å². The van der Waals surface area contributed by atoms with E-state index in [1.54, 1.807) is 15.9 Å². The number of halogens is 2. The summed E-state index contributed by atoms with van der Waals surface area (Å²) in [4.78, 5) is 28.5. The minimum absolute atomic E-state index is 0.0799. The fourth-order valence-electron chi connectivity index (χ4n) is 3.96. The van der Waals surface area contributed by atoms with E-state index in [-0.39, 0.29) is 18.5 Å². The molecule has 1 fully saturated rings. The highest BCUT2D eigenvalue weighted by Crippen LogP contribution is 2.54. The number of carbonyl (C=O) groups is 2. The van der Waals surface area contributed by atoms with Gasteiger partial charge in [0.05, 0.1) is 12.2 Å². The summed E-state index contributed by atoms with van der Waals surface area (Å²) in [6, 6.07) is 8.93. The third kappa shape index (κ3) is 3.15. The van der Waals surface area contributed by atoms with Crippen LogP contribution in [0, 0.1) is 18.6 Å². The summed E-state index contributed by atoms with van der Waals surface area (Å²) in [6.45, 7) is 6.34. The van der Waals surface area contributed by atoms with Crippen LogP contribution in [-0.2, 0) is 16.2 Å². The van der Waals surface area contributed by atoms with Crippen LogP contribution in [0.3, 0.4) is 0 Å². The first kappa shape index (κ1) is 20.4. The standard InChI is InChI=1S/C22H21F2N3O2S/c1-3-8-25-21(29)27-9-10-30-22(27)16-11-14(2)4-7-19(16)26(20(22)28)13-15-5-6-17(23)18(24)12-15/h3-7,11-12H,1,8-10,13H2,2H3,(H,25,29). The van der Waals surface area contributed by atoms with Gasteiger partial charge < -0.3 is 10.2 Å². The number of hydrogen-bond acceptors (Lipinski definition) is 3. The van der Waals surface area contributed by atoms with Gasteiger partial charge in [-0.15, -0.1) is 18.3 Å². The lowest BCUT2D eigenvalue weighted by Crippen LogP contribution is -2.53. The van der Waals surface area contributed by atoms with E-state index in [2.05, 4.69) is 11.9 Å². The molecule has 1 N–H and O–H groups in total. The van der Waals surface area contributed by atoms with Crippen molar-refractivity contribution < 1.29 is 18.4 Å². The maximum absolute atomic E-state index is 13.7. The summed E-state index contributed by atoms with van der Waals surface area (Å²) in [5.41, 5.74) is 2.85. The second kappa shape index (κ2) is 7.75. The summed E-state index contributed by atoms with van der Waals surface area (Å²) in [5.74, 6) is -1.54. The second-order valence-corrected chi connectivity index (χ2v) is 8.57. The normalized spacial score (nSPS) is 20.0. The first-order valence-corrected chi connectivity index (χ1v) is 10.5. The van der Waals surface area contributed by atoms with E-state index in [9.17, 15) is 18.4 Å². The van der Waals surface area contributed by atoms with Gasteiger partial charge in [0, 0.05) is 24.4 Å². The molecule has 30 heavy (non-hydrogen) atoms. The van der Waals surface area contributed by atoms with E-state index < -0.39 is 16.5 Å². The van der Waals surface area contributed by atoms with Gasteiger partial charge in [0.2, 0.25) is 0 Å². The van der Waals surface area contributed by atoms with Crippen LogP contribution in [0.4, 0.5) is 19.3 Å². The van der Waals surface area contributed by atoms with Crippen LogP contribution in [0.1, 0.15) is 16.7 Å². The molecule has 5 nitrogen and oxygen atoms in total. The smallest absolute Gasteiger partial charge is 0.319 e. The Hall–Kier alpha value is -2.87. The highest BCUT2D eigenvalue weighted by atomic mass is 32.2. The van der Waals surface area contributed by atoms with E-state index in [1.165, 1.54) is 17.8 Å². The molecule has 1 atom stereocenters. The van der Waals surface area contributed by atoms with Crippen LogP contribution in [0.5, 0.6) is 0 Å². The second-order valence-electron chi connectivity index (χ2n) is 7.28. The fourth-order valence-corrected chi connectivity index (χ4v) is 5.41. The molecule has 2 aromatic carbocycles. The van der Waals surface area contributed by atoms with Crippen LogP contribution >= 0.6 is 11.8 Å². The Balaban J connectivity index is 1.77. The largest absolute Gasteiger partial charge is 0.334 e. The Morgan fingerprint density at radius 3 is 2.80 bits per heavy atom. The lowest BCUT2D eigenvalue weighted by molar-refractivity contribution is -0.123. The third-order valence-corrected chi connectivity index (χ3v) is 6.74. The quantitative estimate of drug-likeness (QED) is 0.750. The van der Waals surface area contributed by atoms with E-state index in [1.807, 2.05) is 25.1 Å². The number of thioether (sulfide) groups is 1. The molecule has 2 aromatic rings. The molecule has 4 rings (SSSR count). The molecule has 3 amide bonds. The van der Waals surface area contributed by atoms with Crippen molar-refractivity contribution in [2.24, 2.45) is 0 Å². The van der Waals surface area contributed by atoms with Crippen molar-refractivity contribution >= 4 is 29.4 Å². The molecule has 0 aromatic heterocycles. The van der Waals surface area contributed by atoms with Crippen LogP contribution in [0.25, 0.3) is 0 Å². The number of urea groups is 1. The predicted molar refractivity (Wildman–Crippen MR) is 113 cm³/mol. The van der Waals surface area contributed by atoms with Gasteiger partial charge in [-0.2, -0.15) is 0 Å². The van der Waals surface area contributed by atoms with Crippen LogP contribution in [0.2, 0.25) is 0 Å². The Morgan fingerprint density at radius 1 is 1.27 bits per heavy atom. The van der Waals surface area contributed by atoms with E-state index in [0.29, 0.717) is 30.1 Å². The summed E-state index contributed by atoms with van der Waals surface area (Å²) in [6.07, 6.45) is 1.58. The van der Waals surface area contributed by atoms with Crippen molar-refractivity contribution in [3.8, 4) is 0 Å². The molecule has 8 heteroatoms. The molecule has 1 unspecified atom stereocenters. The molecule has 0 radical (unpaired) electrons. The topological polar surface area (TPSA) is 52.7 Å². The summed E-state index contributed by atoms with van der Waals surface area (Å²) >= 11 is 1.42. The number of hydrogen-bond donors (Lipinski definition) is 1. The first-order chi connectivity index (χ1) is 14.4. The lowest BCUT2D eigenvalue weighted by atomic mass is 10.0. The van der Waals surface area contributed by atoms with Gasteiger partial charge >= 0.3 is 6.03 Å². The van der Waals surface area contributed by atoms with E-state index >= 15 is 0 Å². The number of anilines is 1. The number of nitrogens with zero attached hydrogens (tertiary/aromatic N) is 2. The number of nitrogens with one attached hydrogen (secondary N) is 1. The molecule has 0 aliphatic carbocycles. The zero-order chi connectivity index (χ0) is 21.5. The third-order valence-electron chi connectivity index (χ3n) is 5.32. The molecule has 1 spiro atoms. The Labute approximate surface area is 177 Å². The van der Waals surface area contributed by atoms with Crippen molar-refractivity contribution in [2.45, 2.75) is 18.3 Å². The number of aryl methyl sites for hydroxylation is 1. The maximum atomic E-state index is 13.7. The van der Waals surface area contributed by atoms with E-state index in [0.717, 1.165) is 23.3 Å². The van der Waals surface area contributed by atoms with Gasteiger partial charge in [-0.1, -0.05) is 29.8 Å². The Bertz CT molecular complexity index is 1050. The Morgan fingerprint density at radius 2 is 2.07 bits per heavy atom. The highest BCUT2D eigenvalue weighted by Gasteiger charge is 2.59. The zero-order valence-electron chi connectivity index (χ0n) is 16.5. The maximum Gasteiger partial charge on any atom is 0.319 e. The van der Waals surface area contributed by atoms with Gasteiger partial charge in [-0.3, -0.25) is 9.69 Å². The highest BCUT2D eigenvalue weighted by molar-refractivity contribution is 8.01. The number of benzene rings is 2. The SMILES string of the molecule is C=CCNC(=O)N1CCSC12C(=O)N(Cc1ccc(F)c(F)c1)c1ccc(C)cc12. The lowest BCUT2D eigenvalue weighted by Gasteiger charge is -2.33. The monoisotopic (exact) mass is 429 g/mol. The average Bonchev–Trinajstić information content (AvgIpc) is 3.26. The molecule has 0 bridgehead atoms. The average molecular weight is 429 g/mol. The fraction of sp³-hybridized carbons (Fsp3) is 0.273. The van der Waals surface area contributed by atoms with Crippen LogP contribution in [-0.4, -0.2) is 35.7 Å². The molecular formula is C22H21F2N3O2S. The summed E-state index contributed by atoms with van der Waals surface area (Å²) in [5, 5.41) is 2.76. The summed E-state index contributed by atoms with van der Waals surface area (Å²) < 4.78 is 27.1. The predicted octanol–water partition coefficient (Wildman–Crippen LogP) is 3.92. The number of rotatable bonds is 4. The van der Waals surface area contributed by atoms with Crippen molar-refractivity contribution in [3.63, 3.8) is 0 Å². The van der Waals surface area contributed by atoms with Gasteiger partial charge in [0.25, 0.3) is 5.91 Å². The minimum atomic E-state index is -1.18.